The smallest absolute Gasteiger partial charge is 0.0540 e. The zero-order valence-corrected chi connectivity index (χ0v) is 30.3. The van der Waals surface area contributed by atoms with Crippen molar-refractivity contribution in [2.45, 2.75) is 0 Å². The van der Waals surface area contributed by atoms with E-state index in [-0.39, 0.29) is 0 Å². The SMILES string of the molecule is c1ccc(-c2ccc(N(c3cccc(-c4ccccc4)c3)c3ccc(-c4ccc5ccc6c7ccccc7ccc6c5c4)cc3-c3ccccc3)cc2)cc1. The van der Waals surface area contributed by atoms with Crippen LogP contribution in [0.4, 0.5) is 17.1 Å². The summed E-state index contributed by atoms with van der Waals surface area (Å²) >= 11 is 0. The molecule has 0 heterocycles. The highest BCUT2D eigenvalue weighted by Gasteiger charge is 2.19. The minimum absolute atomic E-state index is 1.10. The van der Waals surface area contributed by atoms with Gasteiger partial charge in [-0.15, -0.1) is 0 Å². The number of anilines is 3. The average molecular weight is 700 g/mol. The summed E-state index contributed by atoms with van der Waals surface area (Å²) < 4.78 is 0. The Kier molecular flexibility index (Phi) is 8.24. The third kappa shape index (κ3) is 6.12. The van der Waals surface area contributed by atoms with E-state index in [9.17, 15) is 0 Å². The first-order chi connectivity index (χ1) is 27.3. The van der Waals surface area contributed by atoms with Crippen molar-refractivity contribution in [2.24, 2.45) is 0 Å². The second-order valence-electron chi connectivity index (χ2n) is 14.1. The third-order valence-corrected chi connectivity index (χ3v) is 10.8. The average Bonchev–Trinajstić information content (AvgIpc) is 3.27. The molecule has 10 rings (SSSR count). The predicted molar refractivity (Wildman–Crippen MR) is 235 cm³/mol. The lowest BCUT2D eigenvalue weighted by molar-refractivity contribution is 1.28. The maximum Gasteiger partial charge on any atom is 0.0540 e. The molecule has 0 atom stereocenters. The normalized spacial score (nSPS) is 11.3. The molecule has 0 aliphatic heterocycles. The maximum absolute atomic E-state index is 2.41. The van der Waals surface area contributed by atoms with Gasteiger partial charge in [0.15, 0.2) is 0 Å². The zero-order chi connectivity index (χ0) is 36.6. The molecule has 1 heteroatoms. The topological polar surface area (TPSA) is 3.24 Å². The minimum Gasteiger partial charge on any atom is -0.310 e. The first-order valence-corrected chi connectivity index (χ1v) is 18.9. The van der Waals surface area contributed by atoms with Crippen LogP contribution in [0.5, 0.6) is 0 Å². The molecule has 0 aliphatic rings. The number of hydrogen-bond donors (Lipinski definition) is 0. The van der Waals surface area contributed by atoms with E-state index in [1.54, 1.807) is 0 Å². The monoisotopic (exact) mass is 699 g/mol. The Balaban J connectivity index is 1.15. The van der Waals surface area contributed by atoms with Crippen LogP contribution in [0.25, 0.3) is 76.8 Å². The lowest BCUT2D eigenvalue weighted by atomic mass is 9.92. The van der Waals surface area contributed by atoms with Crippen LogP contribution in [0.15, 0.2) is 224 Å². The molecule has 55 heavy (non-hydrogen) atoms. The predicted octanol–water partition coefficient (Wildman–Crippen LogP) is 15.3. The van der Waals surface area contributed by atoms with Crippen LogP contribution >= 0.6 is 0 Å². The van der Waals surface area contributed by atoms with Crippen LogP contribution in [-0.2, 0) is 0 Å². The van der Waals surface area contributed by atoms with E-state index in [0.29, 0.717) is 0 Å². The number of nitrogens with zero attached hydrogens (tertiary/aromatic N) is 1. The van der Waals surface area contributed by atoms with Gasteiger partial charge in [0.25, 0.3) is 0 Å². The second-order valence-corrected chi connectivity index (χ2v) is 14.1. The van der Waals surface area contributed by atoms with E-state index in [4.69, 9.17) is 0 Å². The molecule has 10 aromatic rings. The quantitative estimate of drug-likeness (QED) is 0.150. The van der Waals surface area contributed by atoms with Crippen molar-refractivity contribution < 1.29 is 0 Å². The Hall–Kier alpha value is -7.22. The van der Waals surface area contributed by atoms with Crippen LogP contribution in [0, 0.1) is 0 Å². The summed E-state index contributed by atoms with van der Waals surface area (Å²) in [4.78, 5) is 2.41. The lowest BCUT2D eigenvalue weighted by Gasteiger charge is -2.29. The van der Waals surface area contributed by atoms with E-state index >= 15 is 0 Å². The molecule has 0 aromatic heterocycles. The zero-order valence-electron chi connectivity index (χ0n) is 30.3. The molecule has 0 saturated carbocycles. The van der Waals surface area contributed by atoms with Crippen LogP contribution in [0.3, 0.4) is 0 Å². The summed E-state index contributed by atoms with van der Waals surface area (Å²) in [7, 11) is 0. The highest BCUT2D eigenvalue weighted by Crippen LogP contribution is 2.44. The maximum atomic E-state index is 2.41. The summed E-state index contributed by atoms with van der Waals surface area (Å²) in [5.41, 5.74) is 12.8. The van der Waals surface area contributed by atoms with Crippen molar-refractivity contribution in [1.29, 1.82) is 0 Å². The molecular weight excluding hydrogens is 663 g/mol. The Morgan fingerprint density at radius 3 is 1.45 bits per heavy atom. The van der Waals surface area contributed by atoms with Crippen molar-refractivity contribution in [2.75, 3.05) is 4.90 Å². The Labute approximate surface area is 322 Å². The minimum atomic E-state index is 1.10. The van der Waals surface area contributed by atoms with Gasteiger partial charge in [0.1, 0.15) is 0 Å². The van der Waals surface area contributed by atoms with E-state index in [0.717, 1.165) is 17.1 Å². The van der Waals surface area contributed by atoms with Crippen LogP contribution in [0.2, 0.25) is 0 Å². The summed E-state index contributed by atoms with van der Waals surface area (Å²) in [5, 5.41) is 7.63. The first kappa shape index (κ1) is 32.4. The van der Waals surface area contributed by atoms with Gasteiger partial charge in [-0.3, -0.25) is 0 Å². The molecule has 0 spiro atoms. The summed E-state index contributed by atoms with van der Waals surface area (Å²) in [6.45, 7) is 0. The molecule has 258 valence electrons. The molecular formula is C54H37N. The summed E-state index contributed by atoms with van der Waals surface area (Å²) in [6.07, 6.45) is 0. The van der Waals surface area contributed by atoms with Crippen LogP contribution in [-0.4, -0.2) is 0 Å². The highest BCUT2D eigenvalue weighted by atomic mass is 15.1. The fourth-order valence-electron chi connectivity index (χ4n) is 8.07. The fraction of sp³-hybridized carbons (Fsp3) is 0. The van der Waals surface area contributed by atoms with E-state index in [2.05, 4.69) is 229 Å². The van der Waals surface area contributed by atoms with Gasteiger partial charge < -0.3 is 4.90 Å². The van der Waals surface area contributed by atoms with Gasteiger partial charge in [-0.25, -0.2) is 0 Å². The number of hydrogen-bond acceptors (Lipinski definition) is 1. The molecule has 0 N–H and O–H groups in total. The van der Waals surface area contributed by atoms with Gasteiger partial charge in [0.2, 0.25) is 0 Å². The summed E-state index contributed by atoms with van der Waals surface area (Å²) in [5.74, 6) is 0. The Bertz CT molecular complexity index is 2950. The number of rotatable bonds is 7. The molecule has 0 unspecified atom stereocenters. The van der Waals surface area contributed by atoms with Gasteiger partial charge in [-0.2, -0.15) is 0 Å². The van der Waals surface area contributed by atoms with Crippen molar-refractivity contribution in [3.8, 4) is 44.5 Å². The third-order valence-electron chi connectivity index (χ3n) is 10.8. The molecule has 0 saturated heterocycles. The molecule has 0 fully saturated rings. The van der Waals surface area contributed by atoms with Crippen molar-refractivity contribution >= 4 is 49.4 Å². The van der Waals surface area contributed by atoms with Crippen molar-refractivity contribution in [3.05, 3.63) is 224 Å². The Morgan fingerprint density at radius 2 is 0.727 bits per heavy atom. The van der Waals surface area contributed by atoms with Gasteiger partial charge >= 0.3 is 0 Å². The molecule has 0 aliphatic carbocycles. The largest absolute Gasteiger partial charge is 0.310 e. The standard InChI is InChI=1S/C54H37N/c1-4-13-38(14-5-1)40-25-30-47(31-26-40)55(48-21-12-20-44(35-48)39-15-6-2-7-16-39)54-34-29-46(37-53(54)41-17-8-3-9-18-41)45-24-23-43-28-32-50-49-22-11-10-19-42(49)27-33-51(50)52(43)36-45/h1-37H. The van der Waals surface area contributed by atoms with Crippen LogP contribution < -0.4 is 4.90 Å². The van der Waals surface area contributed by atoms with Gasteiger partial charge in [-0.1, -0.05) is 182 Å². The van der Waals surface area contributed by atoms with Crippen molar-refractivity contribution in [3.63, 3.8) is 0 Å². The van der Waals surface area contributed by atoms with E-state index in [1.807, 2.05) is 0 Å². The molecule has 0 bridgehead atoms. The van der Waals surface area contributed by atoms with Crippen LogP contribution in [0.1, 0.15) is 0 Å². The second kappa shape index (κ2) is 14.0. The number of fused-ring (bicyclic) bond motifs is 5. The van der Waals surface area contributed by atoms with Gasteiger partial charge in [-0.05, 0) is 114 Å². The van der Waals surface area contributed by atoms with Crippen molar-refractivity contribution in [1.82, 2.24) is 0 Å². The highest BCUT2D eigenvalue weighted by molar-refractivity contribution is 6.17. The van der Waals surface area contributed by atoms with Gasteiger partial charge in [0, 0.05) is 16.9 Å². The van der Waals surface area contributed by atoms with E-state index in [1.165, 1.54) is 76.8 Å². The molecule has 1 nitrogen and oxygen atoms in total. The van der Waals surface area contributed by atoms with E-state index < -0.39 is 0 Å². The Morgan fingerprint density at radius 1 is 0.236 bits per heavy atom. The molecule has 10 aromatic carbocycles. The lowest BCUT2D eigenvalue weighted by Crippen LogP contribution is -2.11. The molecule has 0 radical (unpaired) electrons. The summed E-state index contributed by atoms with van der Waals surface area (Å²) in [6, 6.07) is 81.5. The molecule has 0 amide bonds. The fourth-order valence-corrected chi connectivity index (χ4v) is 8.07. The first-order valence-electron chi connectivity index (χ1n) is 18.9. The van der Waals surface area contributed by atoms with Gasteiger partial charge in [0.05, 0.1) is 5.69 Å². The number of benzene rings is 10.